The third-order valence-electron chi connectivity index (χ3n) is 4.95. The molecule has 2 heteroatoms. The van der Waals surface area contributed by atoms with Crippen molar-refractivity contribution in [3.63, 3.8) is 0 Å². The minimum atomic E-state index is -0.583. The molecule has 0 bridgehead atoms. The van der Waals surface area contributed by atoms with Crippen molar-refractivity contribution in [1.82, 2.24) is 5.32 Å². The highest BCUT2D eigenvalue weighted by Crippen LogP contribution is 2.44. The van der Waals surface area contributed by atoms with Crippen molar-refractivity contribution in [2.45, 2.75) is 50.5 Å². The summed E-state index contributed by atoms with van der Waals surface area (Å²) < 4.78 is 0. The summed E-state index contributed by atoms with van der Waals surface area (Å²) in [6.45, 7) is 7.74. The van der Waals surface area contributed by atoms with Gasteiger partial charge in [-0.2, -0.15) is 0 Å². The largest absolute Gasteiger partial charge is 0.389 e. The highest BCUT2D eigenvalue weighted by Gasteiger charge is 2.43. The Balaban J connectivity index is 2.06. The van der Waals surface area contributed by atoms with Gasteiger partial charge in [-0.1, -0.05) is 56.2 Å². The highest BCUT2D eigenvalue weighted by molar-refractivity contribution is 5.24. The highest BCUT2D eigenvalue weighted by atomic mass is 16.3. The summed E-state index contributed by atoms with van der Waals surface area (Å²) >= 11 is 0. The van der Waals surface area contributed by atoms with Gasteiger partial charge in [-0.05, 0) is 37.3 Å². The summed E-state index contributed by atoms with van der Waals surface area (Å²) in [7, 11) is 0. The molecule has 0 spiro atoms. The molecule has 0 saturated heterocycles. The van der Waals surface area contributed by atoms with Crippen molar-refractivity contribution in [3.8, 4) is 0 Å². The minimum absolute atomic E-state index is 0.257. The van der Waals surface area contributed by atoms with E-state index in [4.69, 9.17) is 0 Å². The van der Waals surface area contributed by atoms with Gasteiger partial charge in [0.15, 0.2) is 0 Å². The Labute approximate surface area is 129 Å². The Bertz CT molecular complexity index is 430. The summed E-state index contributed by atoms with van der Waals surface area (Å²) in [5, 5.41) is 14.8. The maximum absolute atomic E-state index is 11.3. The second-order valence-electron chi connectivity index (χ2n) is 6.38. The Morgan fingerprint density at radius 1 is 1.38 bits per heavy atom. The van der Waals surface area contributed by atoms with E-state index >= 15 is 0 Å². The van der Waals surface area contributed by atoms with E-state index in [1.54, 1.807) is 0 Å². The smallest absolute Gasteiger partial charge is 0.0753 e. The van der Waals surface area contributed by atoms with Gasteiger partial charge in [-0.25, -0.2) is 0 Å². The zero-order chi connectivity index (χ0) is 15.1. The van der Waals surface area contributed by atoms with Crippen molar-refractivity contribution in [1.29, 1.82) is 0 Å². The van der Waals surface area contributed by atoms with Gasteiger partial charge in [0.1, 0.15) is 0 Å². The number of hydrogen-bond acceptors (Lipinski definition) is 2. The molecule has 3 unspecified atom stereocenters. The molecule has 0 radical (unpaired) electrons. The van der Waals surface area contributed by atoms with E-state index in [0.717, 1.165) is 38.8 Å². The van der Waals surface area contributed by atoms with Crippen LogP contribution in [0.25, 0.3) is 0 Å². The quantitative estimate of drug-likeness (QED) is 0.589. The molecule has 1 aliphatic carbocycles. The topological polar surface area (TPSA) is 32.3 Å². The van der Waals surface area contributed by atoms with Crippen molar-refractivity contribution < 1.29 is 5.11 Å². The molecule has 2 nitrogen and oxygen atoms in total. The molecule has 0 heterocycles. The molecular formula is C19H29NO. The predicted molar refractivity (Wildman–Crippen MR) is 89.4 cm³/mol. The first-order valence-corrected chi connectivity index (χ1v) is 8.27. The standard InChI is InChI=1S/C19H29NO/c1-3-4-14-20-15-16(2)19(21)13-9-8-12-18(19)17-10-6-5-7-11-17/h3,5-7,10-11,16,18,20-21H,1,4,8-9,12-15H2,2H3. The predicted octanol–water partition coefficient (Wildman–Crippen LogP) is 3.88. The lowest BCUT2D eigenvalue weighted by Gasteiger charge is -2.44. The van der Waals surface area contributed by atoms with Crippen LogP contribution in [-0.4, -0.2) is 23.8 Å². The summed E-state index contributed by atoms with van der Waals surface area (Å²) in [6, 6.07) is 10.5. The van der Waals surface area contributed by atoms with Crippen LogP contribution in [0, 0.1) is 5.92 Å². The lowest BCUT2D eigenvalue weighted by molar-refractivity contribution is -0.0611. The number of benzene rings is 1. The maximum Gasteiger partial charge on any atom is 0.0753 e. The van der Waals surface area contributed by atoms with Gasteiger partial charge in [-0.3, -0.25) is 0 Å². The van der Waals surface area contributed by atoms with E-state index in [2.05, 4.69) is 43.1 Å². The van der Waals surface area contributed by atoms with E-state index < -0.39 is 5.60 Å². The monoisotopic (exact) mass is 287 g/mol. The SMILES string of the molecule is C=CCCNCC(C)C1(O)CCCCC1c1ccccc1. The molecule has 21 heavy (non-hydrogen) atoms. The van der Waals surface area contributed by atoms with Crippen LogP contribution in [0.2, 0.25) is 0 Å². The molecular weight excluding hydrogens is 258 g/mol. The van der Waals surface area contributed by atoms with Gasteiger partial charge in [0.05, 0.1) is 5.60 Å². The zero-order valence-corrected chi connectivity index (χ0v) is 13.2. The summed E-state index contributed by atoms with van der Waals surface area (Å²) in [6.07, 6.45) is 7.27. The third-order valence-corrected chi connectivity index (χ3v) is 4.95. The molecule has 1 fully saturated rings. The Morgan fingerprint density at radius 3 is 2.86 bits per heavy atom. The zero-order valence-electron chi connectivity index (χ0n) is 13.2. The van der Waals surface area contributed by atoms with Crippen molar-refractivity contribution in [2.24, 2.45) is 5.92 Å². The normalized spacial score (nSPS) is 27.2. The van der Waals surface area contributed by atoms with E-state index in [0.29, 0.717) is 0 Å². The van der Waals surface area contributed by atoms with Crippen LogP contribution >= 0.6 is 0 Å². The first-order valence-electron chi connectivity index (χ1n) is 8.27. The van der Waals surface area contributed by atoms with Crippen molar-refractivity contribution in [3.05, 3.63) is 48.6 Å². The fourth-order valence-electron chi connectivity index (χ4n) is 3.61. The van der Waals surface area contributed by atoms with Gasteiger partial charge >= 0.3 is 0 Å². The third kappa shape index (κ3) is 3.96. The van der Waals surface area contributed by atoms with E-state index in [1.807, 2.05) is 12.1 Å². The van der Waals surface area contributed by atoms with Crippen LogP contribution in [0.3, 0.4) is 0 Å². The van der Waals surface area contributed by atoms with Crippen LogP contribution in [0.15, 0.2) is 43.0 Å². The van der Waals surface area contributed by atoms with Crippen molar-refractivity contribution in [2.75, 3.05) is 13.1 Å². The first-order chi connectivity index (χ1) is 10.2. The Kier molecular flexibility index (Phi) is 6.01. The fraction of sp³-hybridized carbons (Fsp3) is 0.579. The van der Waals surface area contributed by atoms with Crippen LogP contribution in [0.1, 0.15) is 50.5 Å². The number of hydrogen-bond donors (Lipinski definition) is 2. The Hall–Kier alpha value is -1.12. The number of nitrogens with one attached hydrogen (secondary N) is 1. The van der Waals surface area contributed by atoms with Crippen LogP contribution in [-0.2, 0) is 0 Å². The van der Waals surface area contributed by atoms with E-state index in [1.165, 1.54) is 12.0 Å². The fourth-order valence-corrected chi connectivity index (χ4v) is 3.61. The van der Waals surface area contributed by atoms with Gasteiger partial charge in [0.2, 0.25) is 0 Å². The van der Waals surface area contributed by atoms with Gasteiger partial charge in [0, 0.05) is 12.5 Å². The molecule has 2 rings (SSSR count). The van der Waals surface area contributed by atoms with Gasteiger partial charge < -0.3 is 10.4 Å². The number of rotatable bonds is 7. The minimum Gasteiger partial charge on any atom is -0.389 e. The first kappa shape index (κ1) is 16.3. The lowest BCUT2D eigenvalue weighted by Crippen LogP contribution is -2.48. The van der Waals surface area contributed by atoms with Crippen molar-refractivity contribution >= 4 is 0 Å². The molecule has 1 aliphatic rings. The molecule has 0 aliphatic heterocycles. The van der Waals surface area contributed by atoms with E-state index in [-0.39, 0.29) is 11.8 Å². The second-order valence-corrected chi connectivity index (χ2v) is 6.38. The van der Waals surface area contributed by atoms with Gasteiger partial charge in [0.25, 0.3) is 0 Å². The summed E-state index contributed by atoms with van der Waals surface area (Å²) in [4.78, 5) is 0. The van der Waals surface area contributed by atoms with Gasteiger partial charge in [-0.15, -0.1) is 6.58 Å². The Morgan fingerprint density at radius 2 is 2.14 bits per heavy atom. The molecule has 0 amide bonds. The summed E-state index contributed by atoms with van der Waals surface area (Å²) in [5.41, 5.74) is 0.707. The van der Waals surface area contributed by atoms with Crippen LogP contribution in [0.4, 0.5) is 0 Å². The van der Waals surface area contributed by atoms with E-state index in [9.17, 15) is 5.11 Å². The molecule has 3 atom stereocenters. The average Bonchev–Trinajstić information content (AvgIpc) is 2.52. The average molecular weight is 287 g/mol. The van der Waals surface area contributed by atoms with Crippen LogP contribution < -0.4 is 5.32 Å². The molecule has 2 N–H and O–H groups in total. The molecule has 116 valence electrons. The second kappa shape index (κ2) is 7.77. The molecule has 0 aromatic heterocycles. The van der Waals surface area contributed by atoms with Crippen LogP contribution in [0.5, 0.6) is 0 Å². The molecule has 1 aromatic rings. The molecule has 1 saturated carbocycles. The number of aliphatic hydroxyl groups is 1. The molecule has 1 aromatic carbocycles. The summed E-state index contributed by atoms with van der Waals surface area (Å²) in [5.74, 6) is 0.525. The maximum atomic E-state index is 11.3. The lowest BCUT2D eigenvalue weighted by atomic mass is 9.66.